The monoisotopic (exact) mass is 379 g/mol. The van der Waals surface area contributed by atoms with Gasteiger partial charge in [-0.05, 0) is 46.6 Å². The van der Waals surface area contributed by atoms with E-state index in [0.717, 1.165) is 40.7 Å². The van der Waals surface area contributed by atoms with E-state index in [1.807, 2.05) is 25.1 Å². The van der Waals surface area contributed by atoms with Crippen LogP contribution in [-0.2, 0) is 13.0 Å². The zero-order chi connectivity index (χ0) is 16.7. The molecule has 2 rings (SSSR count). The molecule has 0 saturated carbocycles. The molecular formula is C17H22BrN3O2. The van der Waals surface area contributed by atoms with Crippen LogP contribution in [0.3, 0.4) is 0 Å². The van der Waals surface area contributed by atoms with Crippen molar-refractivity contribution in [2.24, 2.45) is 4.99 Å². The van der Waals surface area contributed by atoms with Crippen LogP contribution in [0.25, 0.3) is 0 Å². The van der Waals surface area contributed by atoms with Crippen molar-refractivity contribution in [1.82, 2.24) is 10.6 Å². The Bertz CT molecular complexity index is 668. The first-order chi connectivity index (χ1) is 11.1. The lowest BCUT2D eigenvalue weighted by atomic mass is 10.1. The van der Waals surface area contributed by atoms with Gasteiger partial charge in [-0.15, -0.1) is 0 Å². The molecule has 0 fully saturated rings. The number of rotatable bonds is 6. The Kier molecular flexibility index (Phi) is 6.52. The quantitative estimate of drug-likeness (QED) is 0.597. The Morgan fingerprint density at radius 2 is 2.09 bits per heavy atom. The Morgan fingerprint density at radius 1 is 1.26 bits per heavy atom. The topological polar surface area (TPSA) is 58.8 Å². The maximum Gasteiger partial charge on any atom is 0.191 e. The third-order valence-corrected chi connectivity index (χ3v) is 3.83. The van der Waals surface area contributed by atoms with Gasteiger partial charge >= 0.3 is 0 Å². The lowest BCUT2D eigenvalue weighted by Gasteiger charge is -2.14. The zero-order valence-electron chi connectivity index (χ0n) is 13.6. The van der Waals surface area contributed by atoms with Crippen molar-refractivity contribution in [1.29, 1.82) is 0 Å². The highest BCUT2D eigenvalue weighted by atomic mass is 79.9. The van der Waals surface area contributed by atoms with Crippen molar-refractivity contribution < 1.29 is 9.15 Å². The molecule has 124 valence electrons. The van der Waals surface area contributed by atoms with E-state index in [1.54, 1.807) is 14.2 Å². The van der Waals surface area contributed by atoms with Crippen molar-refractivity contribution in [2.45, 2.75) is 19.9 Å². The number of nitrogens with zero attached hydrogens (tertiary/aromatic N) is 1. The van der Waals surface area contributed by atoms with Crippen LogP contribution in [-0.4, -0.2) is 26.7 Å². The van der Waals surface area contributed by atoms with Crippen LogP contribution in [0.4, 0.5) is 0 Å². The zero-order valence-corrected chi connectivity index (χ0v) is 15.2. The molecule has 2 aromatic rings. The van der Waals surface area contributed by atoms with Gasteiger partial charge in [-0.1, -0.05) is 12.1 Å². The standard InChI is InChI=1S/C17H22BrN3O2/c1-12-4-5-13(15(10-12)22-3)11-21-17(19-2)20-9-8-14-6-7-16(18)23-14/h4-7,10H,8-9,11H2,1-3H3,(H2,19,20,21). The number of aliphatic imine (C=N–C) groups is 1. The number of furan rings is 1. The molecule has 0 atom stereocenters. The largest absolute Gasteiger partial charge is 0.496 e. The number of hydrogen-bond acceptors (Lipinski definition) is 3. The normalized spacial score (nSPS) is 11.4. The highest BCUT2D eigenvalue weighted by Crippen LogP contribution is 2.19. The van der Waals surface area contributed by atoms with E-state index in [4.69, 9.17) is 9.15 Å². The second-order valence-corrected chi connectivity index (χ2v) is 5.91. The minimum Gasteiger partial charge on any atom is -0.496 e. The minimum absolute atomic E-state index is 0.648. The summed E-state index contributed by atoms with van der Waals surface area (Å²) in [5, 5.41) is 6.56. The molecule has 2 N–H and O–H groups in total. The van der Waals surface area contributed by atoms with Gasteiger partial charge in [-0.3, -0.25) is 4.99 Å². The fourth-order valence-electron chi connectivity index (χ4n) is 2.19. The smallest absolute Gasteiger partial charge is 0.191 e. The van der Waals surface area contributed by atoms with Gasteiger partial charge in [-0.25, -0.2) is 0 Å². The second-order valence-electron chi connectivity index (χ2n) is 5.12. The number of hydrogen-bond donors (Lipinski definition) is 2. The summed E-state index contributed by atoms with van der Waals surface area (Å²) in [5.41, 5.74) is 2.27. The molecule has 0 radical (unpaired) electrons. The van der Waals surface area contributed by atoms with E-state index in [2.05, 4.69) is 43.7 Å². The number of halogens is 1. The van der Waals surface area contributed by atoms with Gasteiger partial charge in [0.2, 0.25) is 0 Å². The summed E-state index contributed by atoms with van der Waals surface area (Å²) in [6, 6.07) is 10.0. The third-order valence-electron chi connectivity index (χ3n) is 3.41. The highest BCUT2D eigenvalue weighted by Gasteiger charge is 2.05. The molecule has 0 unspecified atom stereocenters. The Hall–Kier alpha value is -1.95. The van der Waals surface area contributed by atoms with Gasteiger partial charge in [0.25, 0.3) is 0 Å². The Labute approximate surface area is 145 Å². The molecule has 1 heterocycles. The van der Waals surface area contributed by atoms with E-state index in [9.17, 15) is 0 Å². The predicted octanol–water partition coefficient (Wildman–Crippen LogP) is 3.27. The van der Waals surface area contributed by atoms with Crippen LogP contribution >= 0.6 is 15.9 Å². The van der Waals surface area contributed by atoms with Crippen LogP contribution in [0.2, 0.25) is 0 Å². The van der Waals surface area contributed by atoms with E-state index >= 15 is 0 Å². The van der Waals surface area contributed by atoms with Gasteiger partial charge in [0.05, 0.1) is 7.11 Å². The molecule has 6 heteroatoms. The third kappa shape index (κ3) is 5.32. The van der Waals surface area contributed by atoms with Crippen LogP contribution in [0, 0.1) is 6.92 Å². The first-order valence-corrected chi connectivity index (χ1v) is 8.24. The molecule has 0 spiro atoms. The molecule has 5 nitrogen and oxygen atoms in total. The average molecular weight is 380 g/mol. The summed E-state index contributed by atoms with van der Waals surface area (Å²) in [4.78, 5) is 4.23. The van der Waals surface area contributed by atoms with E-state index in [1.165, 1.54) is 5.56 Å². The highest BCUT2D eigenvalue weighted by molar-refractivity contribution is 9.10. The van der Waals surface area contributed by atoms with E-state index in [-0.39, 0.29) is 0 Å². The molecular weight excluding hydrogens is 358 g/mol. The molecule has 0 aliphatic heterocycles. The van der Waals surface area contributed by atoms with Crippen molar-refractivity contribution >= 4 is 21.9 Å². The van der Waals surface area contributed by atoms with E-state index in [0.29, 0.717) is 6.54 Å². The first-order valence-electron chi connectivity index (χ1n) is 7.44. The number of methoxy groups -OCH3 is 1. The molecule has 0 saturated heterocycles. The molecule has 0 aliphatic carbocycles. The average Bonchev–Trinajstić information content (AvgIpc) is 2.96. The summed E-state index contributed by atoms with van der Waals surface area (Å²) in [6.45, 7) is 3.44. The summed E-state index contributed by atoms with van der Waals surface area (Å²) in [5.74, 6) is 2.56. The lowest BCUT2D eigenvalue weighted by Crippen LogP contribution is -2.37. The molecule has 1 aromatic carbocycles. The molecule has 1 aromatic heterocycles. The van der Waals surface area contributed by atoms with Gasteiger partial charge in [-0.2, -0.15) is 0 Å². The summed E-state index contributed by atoms with van der Waals surface area (Å²) < 4.78 is 11.6. The maximum absolute atomic E-state index is 5.47. The van der Waals surface area contributed by atoms with Crippen LogP contribution in [0.15, 0.2) is 44.4 Å². The SMILES string of the molecule is CN=C(NCCc1ccc(Br)o1)NCc1ccc(C)cc1OC. The number of ether oxygens (including phenoxy) is 1. The molecule has 0 amide bonds. The fraction of sp³-hybridized carbons (Fsp3) is 0.353. The first kappa shape index (κ1) is 17.4. The van der Waals surface area contributed by atoms with Crippen molar-refractivity contribution in [3.05, 3.63) is 51.9 Å². The van der Waals surface area contributed by atoms with E-state index < -0.39 is 0 Å². The van der Waals surface area contributed by atoms with Crippen molar-refractivity contribution in [3.8, 4) is 5.75 Å². The van der Waals surface area contributed by atoms with Gasteiger partial charge in [0.15, 0.2) is 10.6 Å². The van der Waals surface area contributed by atoms with Crippen LogP contribution in [0.1, 0.15) is 16.9 Å². The second kappa shape index (κ2) is 8.62. The van der Waals surface area contributed by atoms with Crippen molar-refractivity contribution in [3.63, 3.8) is 0 Å². The maximum atomic E-state index is 5.47. The summed E-state index contributed by atoms with van der Waals surface area (Å²) in [7, 11) is 3.44. The Balaban J connectivity index is 1.83. The minimum atomic E-state index is 0.648. The van der Waals surface area contributed by atoms with Crippen molar-refractivity contribution in [2.75, 3.05) is 20.7 Å². The van der Waals surface area contributed by atoms with Crippen LogP contribution in [0.5, 0.6) is 5.75 Å². The van der Waals surface area contributed by atoms with Gasteiger partial charge < -0.3 is 19.8 Å². The fourth-order valence-corrected chi connectivity index (χ4v) is 2.53. The number of aryl methyl sites for hydroxylation is 1. The predicted molar refractivity (Wildman–Crippen MR) is 96.0 cm³/mol. The lowest BCUT2D eigenvalue weighted by molar-refractivity contribution is 0.408. The molecule has 23 heavy (non-hydrogen) atoms. The number of benzene rings is 1. The number of nitrogens with one attached hydrogen (secondary N) is 2. The Morgan fingerprint density at radius 3 is 2.74 bits per heavy atom. The molecule has 0 aliphatic rings. The summed E-state index contributed by atoms with van der Waals surface area (Å²) in [6.07, 6.45) is 0.792. The molecule has 0 bridgehead atoms. The number of guanidine groups is 1. The van der Waals surface area contributed by atoms with Gasteiger partial charge in [0.1, 0.15) is 11.5 Å². The van der Waals surface area contributed by atoms with Gasteiger partial charge in [0, 0.05) is 32.1 Å². The summed E-state index contributed by atoms with van der Waals surface area (Å²) >= 11 is 3.30. The van der Waals surface area contributed by atoms with Crippen LogP contribution < -0.4 is 15.4 Å².